The van der Waals surface area contributed by atoms with Crippen LogP contribution in [0.25, 0.3) is 0 Å². The topological polar surface area (TPSA) is 65.8 Å². The van der Waals surface area contributed by atoms with Gasteiger partial charge in [0.25, 0.3) is 5.91 Å². The fraction of sp³-hybridized carbons (Fsp3) is 0. The number of rotatable bonds is 2. The molecule has 1 amide bonds. The molecule has 0 radical (unpaired) electrons. The third kappa shape index (κ3) is 2.46. The van der Waals surface area contributed by atoms with Crippen molar-refractivity contribution < 1.29 is 4.79 Å². The van der Waals surface area contributed by atoms with E-state index in [1.54, 1.807) is 24.3 Å². The summed E-state index contributed by atoms with van der Waals surface area (Å²) in [5.74, 6) is -0.485. The maximum absolute atomic E-state index is 12.0. The van der Waals surface area contributed by atoms with Crippen LogP contribution in [0.4, 0.5) is 5.69 Å². The molecule has 0 spiro atoms. The van der Waals surface area contributed by atoms with Crippen LogP contribution in [0, 0.1) is 11.3 Å². The Kier molecular flexibility index (Phi) is 3.82. The Morgan fingerprint density at radius 3 is 2.72 bits per heavy atom. The summed E-state index contributed by atoms with van der Waals surface area (Å²) >= 11 is 12.5. The van der Waals surface area contributed by atoms with Crippen molar-refractivity contribution in [2.45, 2.75) is 0 Å². The first-order chi connectivity index (χ1) is 8.63. The molecule has 0 aliphatic carbocycles. The van der Waals surface area contributed by atoms with Gasteiger partial charge in [-0.1, -0.05) is 35.3 Å². The van der Waals surface area contributed by atoms with Crippen molar-refractivity contribution in [1.29, 1.82) is 5.26 Å². The number of nitriles is 1. The Hall–Kier alpha value is -1.61. The Morgan fingerprint density at radius 2 is 2.11 bits per heavy atom. The number of benzene rings is 1. The van der Waals surface area contributed by atoms with Crippen molar-refractivity contribution in [3.05, 3.63) is 44.9 Å². The minimum atomic E-state index is -0.485. The summed E-state index contributed by atoms with van der Waals surface area (Å²) in [5.41, 5.74) is 0.890. The van der Waals surface area contributed by atoms with Gasteiger partial charge < -0.3 is 5.32 Å². The highest BCUT2D eigenvalue weighted by atomic mass is 35.5. The van der Waals surface area contributed by atoms with Gasteiger partial charge in [-0.2, -0.15) is 9.64 Å². The molecule has 1 heterocycles. The predicted octanol–water partition coefficient (Wildman–Crippen LogP) is 3.57. The third-order valence-electron chi connectivity index (χ3n) is 2.13. The minimum absolute atomic E-state index is 0.0527. The van der Waals surface area contributed by atoms with E-state index in [9.17, 15) is 4.79 Å². The maximum Gasteiger partial charge on any atom is 0.261 e. The lowest BCUT2D eigenvalue weighted by Crippen LogP contribution is -2.13. The molecule has 18 heavy (non-hydrogen) atoms. The SMILES string of the molecule is N#Cc1ccccc1NC(=O)c1c(Cl)nsc1Cl. The predicted molar refractivity (Wildman–Crippen MR) is 71.2 cm³/mol. The van der Waals surface area contributed by atoms with Crippen LogP contribution in [0.3, 0.4) is 0 Å². The smallest absolute Gasteiger partial charge is 0.261 e. The molecule has 0 unspecified atom stereocenters. The quantitative estimate of drug-likeness (QED) is 0.921. The summed E-state index contributed by atoms with van der Waals surface area (Å²) in [5, 5.41) is 11.5. The summed E-state index contributed by atoms with van der Waals surface area (Å²) in [6, 6.07) is 8.63. The number of anilines is 1. The van der Waals surface area contributed by atoms with Gasteiger partial charge in [-0.05, 0) is 23.7 Å². The van der Waals surface area contributed by atoms with Gasteiger partial charge in [0.1, 0.15) is 16.0 Å². The number of hydrogen-bond acceptors (Lipinski definition) is 4. The highest BCUT2D eigenvalue weighted by Crippen LogP contribution is 2.29. The largest absolute Gasteiger partial charge is 0.321 e. The second-order valence-electron chi connectivity index (χ2n) is 3.23. The average Bonchev–Trinajstić information content (AvgIpc) is 2.69. The van der Waals surface area contributed by atoms with E-state index in [-0.39, 0.29) is 15.1 Å². The van der Waals surface area contributed by atoms with Gasteiger partial charge >= 0.3 is 0 Å². The minimum Gasteiger partial charge on any atom is -0.321 e. The second kappa shape index (κ2) is 5.36. The van der Waals surface area contributed by atoms with Crippen LogP contribution in [0.1, 0.15) is 15.9 Å². The van der Waals surface area contributed by atoms with E-state index in [1.165, 1.54) is 0 Å². The molecular weight excluding hydrogens is 293 g/mol. The van der Waals surface area contributed by atoms with Crippen molar-refractivity contribution in [1.82, 2.24) is 4.37 Å². The van der Waals surface area contributed by atoms with Crippen LogP contribution in [0.15, 0.2) is 24.3 Å². The fourth-order valence-corrected chi connectivity index (χ4v) is 2.51. The van der Waals surface area contributed by atoms with Crippen molar-refractivity contribution in [2.24, 2.45) is 0 Å². The molecule has 0 saturated carbocycles. The van der Waals surface area contributed by atoms with Crippen LogP contribution in [0.5, 0.6) is 0 Å². The van der Waals surface area contributed by atoms with E-state index in [2.05, 4.69) is 9.69 Å². The molecular formula is C11H5Cl2N3OS. The van der Waals surface area contributed by atoms with Gasteiger partial charge in [0.15, 0.2) is 5.15 Å². The number of hydrogen-bond donors (Lipinski definition) is 1. The molecule has 1 N–H and O–H groups in total. The zero-order valence-electron chi connectivity index (χ0n) is 8.78. The van der Waals surface area contributed by atoms with E-state index in [0.29, 0.717) is 11.3 Å². The van der Waals surface area contributed by atoms with E-state index in [4.69, 9.17) is 28.5 Å². The molecule has 0 aliphatic rings. The summed E-state index contributed by atoms with van der Waals surface area (Å²) in [7, 11) is 0. The highest BCUT2D eigenvalue weighted by Gasteiger charge is 2.19. The first-order valence-electron chi connectivity index (χ1n) is 4.74. The molecule has 90 valence electrons. The normalized spacial score (nSPS) is 9.83. The lowest BCUT2D eigenvalue weighted by atomic mass is 10.2. The molecule has 0 atom stereocenters. The lowest BCUT2D eigenvalue weighted by molar-refractivity contribution is 0.102. The summed E-state index contributed by atoms with van der Waals surface area (Å²) in [4.78, 5) is 12.0. The summed E-state index contributed by atoms with van der Waals surface area (Å²) in [6.45, 7) is 0. The van der Waals surface area contributed by atoms with Gasteiger partial charge in [0.05, 0.1) is 11.3 Å². The number of nitrogens with zero attached hydrogens (tertiary/aromatic N) is 2. The Balaban J connectivity index is 2.31. The van der Waals surface area contributed by atoms with Gasteiger partial charge in [-0.3, -0.25) is 4.79 Å². The Labute approximate surface area is 117 Å². The number of carbonyl (C=O) groups is 1. The van der Waals surface area contributed by atoms with Crippen molar-refractivity contribution in [2.75, 3.05) is 5.32 Å². The number of carbonyl (C=O) groups excluding carboxylic acids is 1. The number of amides is 1. The Bertz CT molecular complexity index is 628. The van der Waals surface area contributed by atoms with E-state index in [0.717, 1.165) is 11.5 Å². The third-order valence-corrected chi connectivity index (χ3v) is 3.54. The Morgan fingerprint density at radius 1 is 1.39 bits per heavy atom. The van der Waals surface area contributed by atoms with Crippen molar-refractivity contribution >= 4 is 46.3 Å². The second-order valence-corrected chi connectivity index (χ2v) is 4.97. The van der Waals surface area contributed by atoms with Gasteiger partial charge in [-0.25, -0.2) is 0 Å². The zero-order chi connectivity index (χ0) is 13.1. The highest BCUT2D eigenvalue weighted by molar-refractivity contribution is 7.11. The first kappa shape index (κ1) is 12.8. The molecule has 0 fully saturated rings. The maximum atomic E-state index is 12.0. The average molecular weight is 298 g/mol. The van der Waals surface area contributed by atoms with Crippen molar-refractivity contribution in [3.8, 4) is 6.07 Å². The number of para-hydroxylation sites is 1. The lowest BCUT2D eigenvalue weighted by Gasteiger charge is -2.05. The van der Waals surface area contributed by atoms with Crippen LogP contribution in [-0.4, -0.2) is 10.3 Å². The molecule has 4 nitrogen and oxygen atoms in total. The molecule has 1 aromatic heterocycles. The number of halogens is 2. The van der Waals surface area contributed by atoms with E-state index < -0.39 is 5.91 Å². The summed E-state index contributed by atoms with van der Waals surface area (Å²) < 4.78 is 3.99. The fourth-order valence-electron chi connectivity index (χ4n) is 1.31. The van der Waals surface area contributed by atoms with Gasteiger partial charge in [0, 0.05) is 0 Å². The number of aromatic nitrogens is 1. The number of nitrogens with one attached hydrogen (secondary N) is 1. The van der Waals surface area contributed by atoms with Crippen LogP contribution >= 0.6 is 34.7 Å². The molecule has 0 saturated heterocycles. The van der Waals surface area contributed by atoms with Gasteiger partial charge in [0.2, 0.25) is 0 Å². The first-order valence-corrected chi connectivity index (χ1v) is 6.27. The zero-order valence-corrected chi connectivity index (χ0v) is 11.1. The monoisotopic (exact) mass is 297 g/mol. The standard InChI is InChI=1S/C11H5Cl2N3OS/c12-9-8(10(13)18-16-9)11(17)15-7-4-2-1-3-6(7)5-14/h1-4H,(H,15,17). The van der Waals surface area contributed by atoms with Crippen molar-refractivity contribution in [3.63, 3.8) is 0 Å². The van der Waals surface area contributed by atoms with E-state index in [1.807, 2.05) is 6.07 Å². The van der Waals surface area contributed by atoms with Crippen LogP contribution in [0.2, 0.25) is 9.49 Å². The molecule has 7 heteroatoms. The van der Waals surface area contributed by atoms with Crippen LogP contribution < -0.4 is 5.32 Å². The summed E-state index contributed by atoms with van der Waals surface area (Å²) in [6.07, 6.45) is 0. The molecule has 0 aliphatic heterocycles. The molecule has 1 aromatic carbocycles. The van der Waals surface area contributed by atoms with Crippen LogP contribution in [-0.2, 0) is 0 Å². The molecule has 0 bridgehead atoms. The molecule has 2 aromatic rings. The van der Waals surface area contributed by atoms with Gasteiger partial charge in [-0.15, -0.1) is 0 Å². The van der Waals surface area contributed by atoms with E-state index >= 15 is 0 Å². The molecule has 2 rings (SSSR count).